The molecule has 1 heterocycles. The SMILES string of the molecule is CCc1cc(CC(N)c2c(F)cccc2Br)n(C)n1. The summed E-state index contributed by atoms with van der Waals surface area (Å²) in [6.07, 6.45) is 1.44. The average Bonchev–Trinajstić information content (AvgIpc) is 2.70. The highest BCUT2D eigenvalue weighted by atomic mass is 79.9. The summed E-state index contributed by atoms with van der Waals surface area (Å²) in [7, 11) is 1.89. The summed E-state index contributed by atoms with van der Waals surface area (Å²) in [5, 5.41) is 4.38. The number of aryl methyl sites for hydroxylation is 2. The van der Waals surface area contributed by atoms with Crippen molar-refractivity contribution < 1.29 is 4.39 Å². The molecule has 0 aliphatic rings. The Morgan fingerprint density at radius 2 is 2.21 bits per heavy atom. The van der Waals surface area contributed by atoms with Crippen LogP contribution in [0.2, 0.25) is 0 Å². The Hall–Kier alpha value is -1.20. The fourth-order valence-electron chi connectivity index (χ4n) is 2.13. The normalized spacial score (nSPS) is 12.7. The van der Waals surface area contributed by atoms with Gasteiger partial charge in [0.2, 0.25) is 0 Å². The van der Waals surface area contributed by atoms with Gasteiger partial charge in [0.05, 0.1) is 5.69 Å². The lowest BCUT2D eigenvalue weighted by atomic mass is 10.0. The first-order valence-electron chi connectivity index (χ1n) is 6.24. The second kappa shape index (κ2) is 5.84. The lowest BCUT2D eigenvalue weighted by Gasteiger charge is -2.14. The molecule has 0 saturated carbocycles. The van der Waals surface area contributed by atoms with E-state index in [4.69, 9.17) is 5.73 Å². The molecule has 0 saturated heterocycles. The Morgan fingerprint density at radius 3 is 2.79 bits per heavy atom. The number of benzene rings is 1. The topological polar surface area (TPSA) is 43.8 Å². The fraction of sp³-hybridized carbons (Fsp3) is 0.357. The molecule has 102 valence electrons. The minimum absolute atomic E-state index is 0.278. The van der Waals surface area contributed by atoms with Crippen LogP contribution in [0.3, 0.4) is 0 Å². The van der Waals surface area contributed by atoms with Crippen LogP contribution in [0.5, 0.6) is 0 Å². The maximum atomic E-state index is 13.8. The minimum atomic E-state index is -0.393. The monoisotopic (exact) mass is 325 g/mol. The van der Waals surface area contributed by atoms with Gasteiger partial charge < -0.3 is 5.73 Å². The molecule has 1 aromatic heterocycles. The first-order chi connectivity index (χ1) is 9.02. The summed E-state index contributed by atoms with van der Waals surface area (Å²) in [5.74, 6) is -0.278. The molecule has 3 nitrogen and oxygen atoms in total. The van der Waals surface area contributed by atoms with E-state index in [0.29, 0.717) is 16.5 Å². The summed E-state index contributed by atoms with van der Waals surface area (Å²) in [4.78, 5) is 0. The van der Waals surface area contributed by atoms with Crippen LogP contribution >= 0.6 is 15.9 Å². The molecule has 19 heavy (non-hydrogen) atoms. The molecule has 0 amide bonds. The van der Waals surface area contributed by atoms with E-state index in [1.807, 2.05) is 17.8 Å². The molecule has 1 aromatic carbocycles. The minimum Gasteiger partial charge on any atom is -0.324 e. The molecule has 0 bridgehead atoms. The lowest BCUT2D eigenvalue weighted by Crippen LogP contribution is -2.17. The molecule has 5 heteroatoms. The van der Waals surface area contributed by atoms with Gasteiger partial charge in [-0.05, 0) is 24.6 Å². The van der Waals surface area contributed by atoms with E-state index < -0.39 is 6.04 Å². The molecular weight excluding hydrogens is 309 g/mol. The van der Waals surface area contributed by atoms with Crippen LogP contribution in [0.4, 0.5) is 4.39 Å². The summed E-state index contributed by atoms with van der Waals surface area (Å²) < 4.78 is 16.4. The van der Waals surface area contributed by atoms with Gasteiger partial charge in [0.1, 0.15) is 5.82 Å². The molecule has 0 aliphatic carbocycles. The zero-order valence-corrected chi connectivity index (χ0v) is 12.6. The molecule has 2 rings (SSSR count). The number of hydrogen-bond acceptors (Lipinski definition) is 2. The van der Waals surface area contributed by atoms with Crippen molar-refractivity contribution in [2.24, 2.45) is 12.8 Å². The maximum Gasteiger partial charge on any atom is 0.129 e. The zero-order chi connectivity index (χ0) is 14.0. The predicted molar refractivity (Wildman–Crippen MR) is 77.3 cm³/mol. The van der Waals surface area contributed by atoms with Crippen LogP contribution in [0.25, 0.3) is 0 Å². The van der Waals surface area contributed by atoms with Crippen molar-refractivity contribution in [1.82, 2.24) is 9.78 Å². The quantitative estimate of drug-likeness (QED) is 0.938. The van der Waals surface area contributed by atoms with Gasteiger partial charge in [-0.25, -0.2) is 4.39 Å². The first-order valence-corrected chi connectivity index (χ1v) is 7.03. The van der Waals surface area contributed by atoms with Crippen molar-refractivity contribution in [3.05, 3.63) is 51.5 Å². The second-order valence-electron chi connectivity index (χ2n) is 4.55. The number of nitrogens with two attached hydrogens (primary N) is 1. The zero-order valence-electron chi connectivity index (χ0n) is 11.0. The second-order valence-corrected chi connectivity index (χ2v) is 5.40. The van der Waals surface area contributed by atoms with Crippen molar-refractivity contribution in [3.63, 3.8) is 0 Å². The Labute approximate surface area is 120 Å². The first kappa shape index (κ1) is 14.2. The van der Waals surface area contributed by atoms with E-state index in [1.54, 1.807) is 12.1 Å². The van der Waals surface area contributed by atoms with Gasteiger partial charge in [0.25, 0.3) is 0 Å². The molecular formula is C14H17BrFN3. The van der Waals surface area contributed by atoms with Gasteiger partial charge >= 0.3 is 0 Å². The molecule has 2 aromatic rings. The number of nitrogens with zero attached hydrogens (tertiary/aromatic N) is 2. The lowest BCUT2D eigenvalue weighted by molar-refractivity contribution is 0.566. The van der Waals surface area contributed by atoms with Crippen LogP contribution in [-0.4, -0.2) is 9.78 Å². The number of halogens is 2. The molecule has 0 aliphatic heterocycles. The Bertz CT molecular complexity index is 560. The number of rotatable bonds is 4. The van der Waals surface area contributed by atoms with E-state index >= 15 is 0 Å². The largest absolute Gasteiger partial charge is 0.324 e. The number of aromatic nitrogens is 2. The average molecular weight is 326 g/mol. The van der Waals surface area contributed by atoms with Crippen molar-refractivity contribution in [2.75, 3.05) is 0 Å². The van der Waals surface area contributed by atoms with Crippen molar-refractivity contribution in [1.29, 1.82) is 0 Å². The highest BCUT2D eigenvalue weighted by Gasteiger charge is 2.17. The van der Waals surface area contributed by atoms with E-state index in [9.17, 15) is 4.39 Å². The molecule has 2 N–H and O–H groups in total. The Balaban J connectivity index is 2.25. The third-order valence-electron chi connectivity index (χ3n) is 3.19. The molecule has 1 unspecified atom stereocenters. The Morgan fingerprint density at radius 1 is 1.47 bits per heavy atom. The fourth-order valence-corrected chi connectivity index (χ4v) is 2.76. The molecule has 0 fully saturated rings. The number of hydrogen-bond donors (Lipinski definition) is 1. The van der Waals surface area contributed by atoms with Crippen molar-refractivity contribution in [3.8, 4) is 0 Å². The summed E-state index contributed by atoms with van der Waals surface area (Å²) >= 11 is 3.36. The standard InChI is InChI=1S/C14H17BrFN3/c1-3-9-7-10(19(2)18-9)8-13(17)14-11(15)5-4-6-12(14)16/h4-7,13H,3,8,17H2,1-2H3. The van der Waals surface area contributed by atoms with Crippen LogP contribution in [0.1, 0.15) is 29.9 Å². The third-order valence-corrected chi connectivity index (χ3v) is 3.88. The van der Waals surface area contributed by atoms with E-state index in [2.05, 4.69) is 28.0 Å². The summed E-state index contributed by atoms with van der Waals surface area (Å²) in [6.45, 7) is 2.06. The van der Waals surface area contributed by atoms with Gasteiger partial charge in [-0.15, -0.1) is 0 Å². The van der Waals surface area contributed by atoms with Crippen LogP contribution in [-0.2, 0) is 19.9 Å². The van der Waals surface area contributed by atoms with Gasteiger partial charge in [-0.3, -0.25) is 4.68 Å². The van der Waals surface area contributed by atoms with Crippen LogP contribution < -0.4 is 5.73 Å². The van der Waals surface area contributed by atoms with E-state index in [-0.39, 0.29) is 5.82 Å². The van der Waals surface area contributed by atoms with E-state index in [0.717, 1.165) is 17.8 Å². The predicted octanol–water partition coefficient (Wildman–Crippen LogP) is 3.13. The van der Waals surface area contributed by atoms with E-state index in [1.165, 1.54) is 6.07 Å². The highest BCUT2D eigenvalue weighted by Crippen LogP contribution is 2.27. The molecule has 1 atom stereocenters. The third kappa shape index (κ3) is 3.04. The van der Waals surface area contributed by atoms with Crippen molar-refractivity contribution in [2.45, 2.75) is 25.8 Å². The molecule has 0 spiro atoms. The maximum absolute atomic E-state index is 13.8. The van der Waals surface area contributed by atoms with Gasteiger partial charge in [0, 0.05) is 35.2 Å². The van der Waals surface area contributed by atoms with Crippen LogP contribution in [0.15, 0.2) is 28.7 Å². The van der Waals surface area contributed by atoms with Gasteiger partial charge in [-0.1, -0.05) is 28.9 Å². The van der Waals surface area contributed by atoms with Gasteiger partial charge in [0.15, 0.2) is 0 Å². The van der Waals surface area contributed by atoms with Crippen molar-refractivity contribution >= 4 is 15.9 Å². The smallest absolute Gasteiger partial charge is 0.129 e. The highest BCUT2D eigenvalue weighted by molar-refractivity contribution is 9.10. The summed E-state index contributed by atoms with van der Waals surface area (Å²) in [6, 6.07) is 6.53. The Kier molecular flexibility index (Phi) is 4.37. The van der Waals surface area contributed by atoms with Gasteiger partial charge in [-0.2, -0.15) is 5.10 Å². The summed E-state index contributed by atoms with van der Waals surface area (Å²) in [5.41, 5.74) is 8.69. The molecule has 0 radical (unpaired) electrons. The van der Waals surface area contributed by atoms with Crippen LogP contribution in [0, 0.1) is 5.82 Å².